The molecule has 0 heterocycles. The molecule has 69 valence electrons. The zero-order valence-corrected chi connectivity index (χ0v) is 6.56. The maximum Gasteiger partial charge on any atom is 0.573 e. The van der Waals surface area contributed by atoms with Crippen LogP contribution in [0.15, 0.2) is 24.8 Å². The van der Waals surface area contributed by atoms with E-state index < -0.39 is 6.36 Å². The van der Waals surface area contributed by atoms with Gasteiger partial charge in [-0.2, -0.15) is 0 Å². The molecule has 1 rings (SSSR count). The van der Waals surface area contributed by atoms with E-state index in [4.69, 9.17) is 0 Å². The van der Waals surface area contributed by atoms with Crippen molar-refractivity contribution in [2.75, 3.05) is 0 Å². The largest absolute Gasteiger partial charge is 0.573 e. The van der Waals surface area contributed by atoms with Crippen LogP contribution < -0.4 is 4.74 Å². The Balaban J connectivity index is 2.94. The van der Waals surface area contributed by atoms with Crippen molar-refractivity contribution in [3.8, 4) is 5.75 Å². The van der Waals surface area contributed by atoms with Gasteiger partial charge in [0.25, 0.3) is 0 Å². The molecule has 1 radical (unpaired) electrons. The van der Waals surface area contributed by atoms with Crippen LogP contribution in [0.1, 0.15) is 5.56 Å². The predicted octanol–water partition coefficient (Wildman–Crippen LogP) is 3.03. The average molecular weight is 187 g/mol. The first-order chi connectivity index (χ1) is 6.03. The maximum atomic E-state index is 11.8. The van der Waals surface area contributed by atoms with Crippen LogP contribution in [-0.2, 0) is 0 Å². The van der Waals surface area contributed by atoms with Crippen LogP contribution in [0.4, 0.5) is 13.2 Å². The van der Waals surface area contributed by atoms with Crippen molar-refractivity contribution in [3.05, 3.63) is 36.4 Å². The topological polar surface area (TPSA) is 9.23 Å². The van der Waals surface area contributed by atoms with Gasteiger partial charge in [0.05, 0.1) is 0 Å². The summed E-state index contributed by atoms with van der Waals surface area (Å²) in [7, 11) is 0. The van der Waals surface area contributed by atoms with Gasteiger partial charge in [-0.3, -0.25) is 0 Å². The number of rotatable bonds is 2. The number of hydrogen-bond acceptors (Lipinski definition) is 1. The van der Waals surface area contributed by atoms with Gasteiger partial charge in [0, 0.05) is 5.56 Å². The van der Waals surface area contributed by atoms with Gasteiger partial charge in [-0.1, -0.05) is 24.8 Å². The van der Waals surface area contributed by atoms with Crippen molar-refractivity contribution in [2.24, 2.45) is 0 Å². The maximum absolute atomic E-state index is 11.8. The molecule has 0 saturated carbocycles. The molecule has 4 heteroatoms. The van der Waals surface area contributed by atoms with E-state index in [9.17, 15) is 13.2 Å². The first-order valence-electron chi connectivity index (χ1n) is 3.42. The standard InChI is InChI=1S/C9H6F3O/c1-2-7-5-3-4-6-8(7)13-9(10,11)12/h2-4,6H,1H2. The van der Waals surface area contributed by atoms with Gasteiger partial charge in [0.1, 0.15) is 5.75 Å². The number of alkyl halides is 3. The van der Waals surface area contributed by atoms with E-state index in [2.05, 4.69) is 17.4 Å². The second kappa shape index (κ2) is 3.51. The van der Waals surface area contributed by atoms with Gasteiger partial charge in [-0.05, 0) is 12.1 Å². The molecule has 0 spiro atoms. The molecule has 0 aliphatic carbocycles. The molecule has 0 unspecified atom stereocenters. The van der Waals surface area contributed by atoms with Crippen LogP contribution in [0.3, 0.4) is 0 Å². The first kappa shape index (κ1) is 9.64. The van der Waals surface area contributed by atoms with E-state index in [1.165, 1.54) is 24.3 Å². The molecule has 13 heavy (non-hydrogen) atoms. The lowest BCUT2D eigenvalue weighted by Crippen LogP contribution is -2.17. The highest BCUT2D eigenvalue weighted by molar-refractivity contribution is 5.54. The molecule has 1 aromatic carbocycles. The van der Waals surface area contributed by atoms with Crippen molar-refractivity contribution in [1.82, 2.24) is 0 Å². The minimum Gasteiger partial charge on any atom is -0.405 e. The fourth-order valence-corrected chi connectivity index (χ4v) is 0.808. The molecule has 0 amide bonds. The summed E-state index contributed by atoms with van der Waals surface area (Å²) >= 11 is 0. The lowest BCUT2D eigenvalue weighted by molar-refractivity contribution is -0.274. The summed E-state index contributed by atoms with van der Waals surface area (Å²) in [4.78, 5) is 0. The third kappa shape index (κ3) is 2.82. The Hall–Kier alpha value is -1.45. The van der Waals surface area contributed by atoms with Crippen molar-refractivity contribution < 1.29 is 17.9 Å². The van der Waals surface area contributed by atoms with Crippen LogP contribution >= 0.6 is 0 Å². The zero-order valence-electron chi connectivity index (χ0n) is 6.56. The summed E-state index contributed by atoms with van der Waals surface area (Å²) in [5.41, 5.74) is 0.194. The normalized spacial score (nSPS) is 11.0. The number of benzene rings is 1. The Morgan fingerprint density at radius 2 is 2.15 bits per heavy atom. The third-order valence-electron chi connectivity index (χ3n) is 1.28. The number of ether oxygens (including phenoxy) is 1. The molecular formula is C9H6F3O. The van der Waals surface area contributed by atoms with E-state index in [0.29, 0.717) is 0 Å². The summed E-state index contributed by atoms with van der Waals surface area (Å²) in [5.74, 6) is -0.287. The second-order valence-electron chi connectivity index (χ2n) is 2.20. The lowest BCUT2D eigenvalue weighted by atomic mass is 10.2. The van der Waals surface area contributed by atoms with Gasteiger partial charge in [-0.25, -0.2) is 0 Å². The molecule has 0 bridgehead atoms. The molecule has 0 fully saturated rings. The van der Waals surface area contributed by atoms with Gasteiger partial charge in [0.15, 0.2) is 0 Å². The Labute approximate surface area is 73.4 Å². The van der Waals surface area contributed by atoms with Gasteiger partial charge >= 0.3 is 6.36 Å². The highest BCUT2D eigenvalue weighted by Gasteiger charge is 2.31. The summed E-state index contributed by atoms with van der Waals surface area (Å²) in [6.45, 7) is 3.34. The molecule has 0 aliphatic heterocycles. The number of halogens is 3. The summed E-state index contributed by atoms with van der Waals surface area (Å²) in [6.07, 6.45) is -3.42. The van der Waals surface area contributed by atoms with Crippen molar-refractivity contribution in [3.63, 3.8) is 0 Å². The van der Waals surface area contributed by atoms with Crippen LogP contribution in [0.2, 0.25) is 0 Å². The Bertz CT molecular complexity index is 304. The highest BCUT2D eigenvalue weighted by Crippen LogP contribution is 2.26. The summed E-state index contributed by atoms with van der Waals surface area (Å²) in [5, 5.41) is 0. The molecule has 0 aromatic heterocycles. The quantitative estimate of drug-likeness (QED) is 0.691. The Morgan fingerprint density at radius 1 is 1.46 bits per heavy atom. The van der Waals surface area contributed by atoms with Crippen LogP contribution in [0.5, 0.6) is 5.75 Å². The minimum atomic E-state index is -4.67. The minimum absolute atomic E-state index is 0.194. The predicted molar refractivity (Wildman–Crippen MR) is 42.1 cm³/mol. The van der Waals surface area contributed by atoms with Gasteiger partial charge in [-0.15, -0.1) is 13.2 Å². The van der Waals surface area contributed by atoms with Gasteiger partial charge < -0.3 is 4.74 Å². The van der Waals surface area contributed by atoms with E-state index in [0.717, 1.165) is 0 Å². The molecule has 0 atom stereocenters. The van der Waals surface area contributed by atoms with Crippen LogP contribution in [0, 0.1) is 6.07 Å². The van der Waals surface area contributed by atoms with E-state index in [-0.39, 0.29) is 11.3 Å². The van der Waals surface area contributed by atoms with Crippen LogP contribution in [0.25, 0.3) is 6.08 Å². The molecule has 0 N–H and O–H groups in total. The fourth-order valence-electron chi connectivity index (χ4n) is 0.808. The van der Waals surface area contributed by atoms with Crippen molar-refractivity contribution in [2.45, 2.75) is 6.36 Å². The van der Waals surface area contributed by atoms with Crippen molar-refractivity contribution >= 4 is 6.08 Å². The zero-order chi connectivity index (χ0) is 9.90. The van der Waals surface area contributed by atoms with E-state index in [1.54, 1.807) is 0 Å². The SMILES string of the molecule is C=Cc1[c]cccc1OC(F)(F)F. The van der Waals surface area contributed by atoms with E-state index in [1.807, 2.05) is 0 Å². The van der Waals surface area contributed by atoms with Gasteiger partial charge in [0.2, 0.25) is 0 Å². The first-order valence-corrected chi connectivity index (χ1v) is 3.42. The summed E-state index contributed by atoms with van der Waals surface area (Å²) < 4.78 is 39.1. The number of hydrogen-bond donors (Lipinski definition) is 0. The van der Waals surface area contributed by atoms with Crippen molar-refractivity contribution in [1.29, 1.82) is 0 Å². The molecule has 1 nitrogen and oxygen atoms in total. The Kier molecular flexibility index (Phi) is 2.60. The Morgan fingerprint density at radius 3 is 2.69 bits per heavy atom. The monoisotopic (exact) mass is 187 g/mol. The average Bonchev–Trinajstić information content (AvgIpc) is 2.02. The molecular weight excluding hydrogens is 181 g/mol. The van der Waals surface area contributed by atoms with E-state index >= 15 is 0 Å². The molecule has 0 saturated heterocycles. The lowest BCUT2D eigenvalue weighted by Gasteiger charge is -2.10. The highest BCUT2D eigenvalue weighted by atomic mass is 19.4. The second-order valence-corrected chi connectivity index (χ2v) is 2.20. The van der Waals surface area contributed by atoms with Crippen LogP contribution in [-0.4, -0.2) is 6.36 Å². The third-order valence-corrected chi connectivity index (χ3v) is 1.28. The summed E-state index contributed by atoms with van der Waals surface area (Å²) in [6, 6.07) is 6.67. The smallest absolute Gasteiger partial charge is 0.405 e. The molecule has 1 aromatic rings. The molecule has 0 aliphatic rings. The fraction of sp³-hybridized carbons (Fsp3) is 0.111.